The van der Waals surface area contributed by atoms with Crippen molar-refractivity contribution < 1.29 is 23.5 Å². The minimum Gasteiger partial charge on any atom is -0.447 e. The summed E-state index contributed by atoms with van der Waals surface area (Å²) in [5.41, 5.74) is 0.537. The lowest BCUT2D eigenvalue weighted by atomic mass is 10.1. The molecule has 2 aromatic carbocycles. The van der Waals surface area contributed by atoms with E-state index in [4.69, 9.17) is 16.3 Å². The van der Waals surface area contributed by atoms with Gasteiger partial charge >= 0.3 is 6.09 Å². The first-order chi connectivity index (χ1) is 21.1. The molecular formula is C33H41ClFN5O4. The molecule has 1 aromatic heterocycles. The Balaban J connectivity index is 1.36. The molecule has 0 spiro atoms. The van der Waals surface area contributed by atoms with Crippen LogP contribution in [0.1, 0.15) is 38.7 Å². The molecule has 3 amide bonds. The summed E-state index contributed by atoms with van der Waals surface area (Å²) in [7, 11) is 1.63. The first kappa shape index (κ1) is 33.1. The van der Waals surface area contributed by atoms with E-state index in [9.17, 15) is 18.8 Å². The summed E-state index contributed by atoms with van der Waals surface area (Å²) in [6.07, 6.45) is 1.81. The number of hydrogen-bond donors (Lipinski definition) is 1. The van der Waals surface area contributed by atoms with E-state index in [2.05, 4.69) is 29.0 Å². The smallest absolute Gasteiger partial charge is 0.412 e. The summed E-state index contributed by atoms with van der Waals surface area (Å²) in [5, 5.41) is 4.51. The van der Waals surface area contributed by atoms with Crippen LogP contribution in [0.2, 0.25) is 5.02 Å². The molecule has 236 valence electrons. The number of halogens is 2. The molecular weight excluding hydrogens is 585 g/mol. The highest BCUT2D eigenvalue weighted by Gasteiger charge is 2.26. The van der Waals surface area contributed by atoms with Gasteiger partial charge in [0.05, 0.1) is 11.1 Å². The number of anilines is 1. The number of aromatic nitrogens is 1. The van der Waals surface area contributed by atoms with E-state index in [0.717, 1.165) is 30.4 Å². The Kier molecular flexibility index (Phi) is 11.9. The predicted octanol–water partition coefficient (Wildman–Crippen LogP) is 5.62. The number of pyridine rings is 1. The van der Waals surface area contributed by atoms with Crippen molar-refractivity contribution in [3.05, 3.63) is 71.1 Å². The Bertz CT molecular complexity index is 1450. The molecule has 0 bridgehead atoms. The average Bonchev–Trinajstić information content (AvgIpc) is 3.01. The molecule has 1 aliphatic rings. The fourth-order valence-corrected chi connectivity index (χ4v) is 5.58. The molecule has 44 heavy (non-hydrogen) atoms. The van der Waals surface area contributed by atoms with E-state index < -0.39 is 18.0 Å². The summed E-state index contributed by atoms with van der Waals surface area (Å²) in [5.74, 6) is 0.152. The molecule has 1 N–H and O–H groups in total. The lowest BCUT2D eigenvalue weighted by Gasteiger charge is -2.36. The Morgan fingerprint density at radius 2 is 1.77 bits per heavy atom. The van der Waals surface area contributed by atoms with Crippen molar-refractivity contribution in [3.8, 4) is 0 Å². The van der Waals surface area contributed by atoms with E-state index in [1.807, 2.05) is 29.2 Å². The maximum Gasteiger partial charge on any atom is 0.412 e. The Morgan fingerprint density at radius 3 is 2.50 bits per heavy atom. The molecule has 1 aliphatic heterocycles. The highest BCUT2D eigenvalue weighted by Crippen LogP contribution is 2.22. The standard InChI is InChI=1S/C33H41ClFN5O4/c1-23(2)21-39-15-17-40(18-16-39)31(42)14-12-27(38(3)30(41)13-11-24-9-6-10-28(35)32(24)34)22-44-33(43)37-29-19-25-7-4-5-8-26(25)20-36-29/h4-10,19-20,23,27H,11-18,21-22H2,1-3H3,(H,36,37,43)/t27-/m0/s1. The van der Waals surface area contributed by atoms with Gasteiger partial charge in [0.1, 0.15) is 18.2 Å². The topological polar surface area (TPSA) is 95.1 Å². The Labute approximate surface area is 263 Å². The van der Waals surface area contributed by atoms with Gasteiger partial charge in [0.2, 0.25) is 11.8 Å². The van der Waals surface area contributed by atoms with Crippen LogP contribution in [0, 0.1) is 11.7 Å². The van der Waals surface area contributed by atoms with Crippen LogP contribution in [0.4, 0.5) is 15.0 Å². The van der Waals surface area contributed by atoms with Crippen LogP contribution in [0.5, 0.6) is 0 Å². The van der Waals surface area contributed by atoms with Gasteiger partial charge in [0, 0.05) is 64.2 Å². The van der Waals surface area contributed by atoms with Crippen molar-refractivity contribution in [1.82, 2.24) is 19.7 Å². The van der Waals surface area contributed by atoms with Crippen LogP contribution in [0.3, 0.4) is 0 Å². The van der Waals surface area contributed by atoms with Crippen molar-refractivity contribution in [3.63, 3.8) is 0 Å². The van der Waals surface area contributed by atoms with Crippen molar-refractivity contribution in [2.24, 2.45) is 5.92 Å². The van der Waals surface area contributed by atoms with Crippen LogP contribution in [-0.4, -0.2) is 90.0 Å². The van der Waals surface area contributed by atoms with Crippen LogP contribution >= 0.6 is 11.6 Å². The van der Waals surface area contributed by atoms with E-state index in [-0.39, 0.29) is 42.7 Å². The van der Waals surface area contributed by atoms with Gasteiger partial charge in [-0.15, -0.1) is 0 Å². The number of rotatable bonds is 12. The highest BCUT2D eigenvalue weighted by atomic mass is 35.5. The number of nitrogens with one attached hydrogen (secondary N) is 1. The Hall–Kier alpha value is -3.76. The Morgan fingerprint density at radius 1 is 1.05 bits per heavy atom. The second-order valence-corrected chi connectivity index (χ2v) is 12.0. The van der Waals surface area contributed by atoms with Crippen molar-refractivity contribution >= 4 is 46.1 Å². The minimum absolute atomic E-state index is 0.000829. The van der Waals surface area contributed by atoms with Gasteiger partial charge in [-0.3, -0.25) is 19.8 Å². The van der Waals surface area contributed by atoms with E-state index in [1.165, 1.54) is 11.0 Å². The molecule has 1 fully saturated rings. The summed E-state index contributed by atoms with van der Waals surface area (Å²) >= 11 is 6.08. The lowest BCUT2D eigenvalue weighted by Crippen LogP contribution is -2.50. The third-order valence-electron chi connectivity index (χ3n) is 7.89. The number of aryl methyl sites for hydroxylation is 1. The number of nitrogens with zero attached hydrogens (tertiary/aromatic N) is 4. The third-order valence-corrected chi connectivity index (χ3v) is 8.31. The quantitative estimate of drug-likeness (QED) is 0.281. The SMILES string of the molecule is CC(C)CN1CCN(C(=O)CC[C@@H](COC(=O)Nc2cc3ccccc3cn2)N(C)C(=O)CCc2cccc(F)c2Cl)CC1. The fourth-order valence-electron chi connectivity index (χ4n) is 5.36. The minimum atomic E-state index is -0.710. The van der Waals surface area contributed by atoms with Crippen molar-refractivity contribution in [2.45, 2.75) is 45.6 Å². The van der Waals surface area contributed by atoms with Gasteiger partial charge in [-0.25, -0.2) is 14.2 Å². The average molecular weight is 626 g/mol. The number of carbonyl (C=O) groups excluding carboxylic acids is 3. The maximum absolute atomic E-state index is 13.9. The zero-order chi connectivity index (χ0) is 31.6. The number of carbonyl (C=O) groups is 3. The zero-order valence-electron chi connectivity index (χ0n) is 25.6. The number of amides is 3. The van der Waals surface area contributed by atoms with Gasteiger partial charge < -0.3 is 14.5 Å². The summed E-state index contributed by atoms with van der Waals surface area (Å²) in [6.45, 7) is 8.25. The molecule has 11 heteroatoms. The molecule has 2 heterocycles. The molecule has 0 unspecified atom stereocenters. The van der Waals surface area contributed by atoms with Crippen LogP contribution < -0.4 is 5.32 Å². The van der Waals surface area contributed by atoms with Gasteiger partial charge in [-0.1, -0.05) is 61.8 Å². The lowest BCUT2D eigenvalue weighted by molar-refractivity contribution is -0.136. The number of ether oxygens (including phenoxy) is 1. The van der Waals surface area contributed by atoms with Gasteiger partial charge in [-0.05, 0) is 41.8 Å². The van der Waals surface area contributed by atoms with Crippen LogP contribution in [-0.2, 0) is 20.7 Å². The molecule has 0 aliphatic carbocycles. The third kappa shape index (κ3) is 9.37. The van der Waals surface area contributed by atoms with Gasteiger partial charge in [0.15, 0.2) is 0 Å². The van der Waals surface area contributed by atoms with Crippen molar-refractivity contribution in [2.75, 3.05) is 51.7 Å². The first-order valence-corrected chi connectivity index (χ1v) is 15.5. The number of piperazine rings is 1. The molecule has 0 radical (unpaired) electrons. The van der Waals surface area contributed by atoms with E-state index in [1.54, 1.807) is 31.4 Å². The molecule has 1 saturated heterocycles. The normalized spacial score (nSPS) is 14.5. The van der Waals surface area contributed by atoms with Crippen molar-refractivity contribution in [1.29, 1.82) is 0 Å². The molecule has 0 saturated carbocycles. The summed E-state index contributed by atoms with van der Waals surface area (Å²) in [4.78, 5) is 49.0. The van der Waals surface area contributed by atoms with Crippen LogP contribution in [0.15, 0.2) is 54.7 Å². The molecule has 4 rings (SSSR count). The molecule has 3 aromatic rings. The largest absolute Gasteiger partial charge is 0.447 e. The fraction of sp³-hybridized carbons (Fsp3) is 0.455. The summed E-state index contributed by atoms with van der Waals surface area (Å²) in [6, 6.07) is 13.4. The first-order valence-electron chi connectivity index (χ1n) is 15.1. The molecule has 9 nitrogen and oxygen atoms in total. The zero-order valence-corrected chi connectivity index (χ0v) is 26.4. The number of hydrogen-bond acceptors (Lipinski definition) is 6. The van der Waals surface area contributed by atoms with Crippen LogP contribution in [0.25, 0.3) is 10.8 Å². The number of benzene rings is 2. The summed E-state index contributed by atoms with van der Waals surface area (Å²) < 4.78 is 19.4. The maximum atomic E-state index is 13.9. The predicted molar refractivity (Wildman–Crippen MR) is 170 cm³/mol. The van der Waals surface area contributed by atoms with E-state index >= 15 is 0 Å². The van der Waals surface area contributed by atoms with E-state index in [0.29, 0.717) is 36.8 Å². The number of fused-ring (bicyclic) bond motifs is 1. The van der Waals surface area contributed by atoms with Gasteiger partial charge in [0.25, 0.3) is 0 Å². The highest BCUT2D eigenvalue weighted by molar-refractivity contribution is 6.31. The second kappa shape index (κ2) is 15.8. The second-order valence-electron chi connectivity index (χ2n) is 11.6. The number of likely N-dealkylation sites (N-methyl/N-ethyl adjacent to an activating group) is 1. The molecule has 1 atom stereocenters. The monoisotopic (exact) mass is 625 g/mol. The van der Waals surface area contributed by atoms with Gasteiger partial charge in [-0.2, -0.15) is 0 Å².